The lowest BCUT2D eigenvalue weighted by Gasteiger charge is -2.01. The summed E-state index contributed by atoms with van der Waals surface area (Å²) < 4.78 is 3.13. The van der Waals surface area contributed by atoms with Crippen LogP contribution in [0, 0.1) is 6.92 Å². The van der Waals surface area contributed by atoms with Gasteiger partial charge in [0, 0.05) is 12.6 Å². The van der Waals surface area contributed by atoms with Crippen molar-refractivity contribution in [3.05, 3.63) is 41.7 Å². The molecule has 2 aromatic heterocycles. The minimum absolute atomic E-state index is 0.0597. The molecule has 6 heteroatoms. The normalized spacial score (nSPS) is 11.1. The summed E-state index contributed by atoms with van der Waals surface area (Å²) in [7, 11) is 1.82. The molecule has 0 fully saturated rings. The third-order valence-corrected chi connectivity index (χ3v) is 3.03. The first-order chi connectivity index (χ1) is 9.08. The number of carboxylic acids is 1. The third kappa shape index (κ3) is 1.69. The molecule has 96 valence electrons. The second-order valence-electron chi connectivity index (χ2n) is 4.41. The van der Waals surface area contributed by atoms with Gasteiger partial charge in [-0.2, -0.15) is 4.52 Å². The number of aromatic carboxylic acids is 1. The Morgan fingerprint density at radius 1 is 1.37 bits per heavy atom. The predicted molar refractivity (Wildman–Crippen MR) is 69.1 cm³/mol. The average Bonchev–Trinajstić information content (AvgIpc) is 2.90. The number of fused-ring (bicyclic) bond motifs is 1. The summed E-state index contributed by atoms with van der Waals surface area (Å²) in [5, 5.41) is 13.4. The van der Waals surface area contributed by atoms with E-state index in [2.05, 4.69) is 10.1 Å². The Balaban J connectivity index is 2.25. The maximum absolute atomic E-state index is 11.1. The van der Waals surface area contributed by atoms with Gasteiger partial charge in [-0.25, -0.2) is 9.78 Å². The van der Waals surface area contributed by atoms with Gasteiger partial charge in [-0.15, -0.1) is 5.10 Å². The van der Waals surface area contributed by atoms with Crippen LogP contribution in [0.3, 0.4) is 0 Å². The molecule has 0 saturated heterocycles. The van der Waals surface area contributed by atoms with E-state index in [4.69, 9.17) is 5.11 Å². The molecule has 0 aliphatic carbocycles. The van der Waals surface area contributed by atoms with Crippen molar-refractivity contribution in [3.63, 3.8) is 0 Å². The van der Waals surface area contributed by atoms with Crippen LogP contribution in [-0.2, 0) is 7.05 Å². The van der Waals surface area contributed by atoms with Crippen molar-refractivity contribution in [3.8, 4) is 11.4 Å². The lowest BCUT2D eigenvalue weighted by molar-refractivity contribution is 0.0688. The molecule has 0 radical (unpaired) electrons. The SMILES string of the molecule is Cc1cccc(-c2nn3c(C(=O)O)cnc3n2C)c1. The van der Waals surface area contributed by atoms with Crippen molar-refractivity contribution in [1.29, 1.82) is 0 Å². The Bertz CT molecular complexity index is 785. The number of benzene rings is 1. The van der Waals surface area contributed by atoms with Crippen LogP contribution in [0.25, 0.3) is 17.2 Å². The predicted octanol–water partition coefficient (Wildman–Crippen LogP) is 1.74. The van der Waals surface area contributed by atoms with Gasteiger partial charge in [-0.3, -0.25) is 4.57 Å². The molecule has 1 aromatic carbocycles. The molecule has 3 rings (SSSR count). The highest BCUT2D eigenvalue weighted by molar-refractivity contribution is 5.86. The minimum atomic E-state index is -1.04. The maximum atomic E-state index is 11.1. The highest BCUT2D eigenvalue weighted by Gasteiger charge is 2.17. The lowest BCUT2D eigenvalue weighted by atomic mass is 10.1. The molecule has 0 aliphatic heterocycles. The Morgan fingerprint density at radius 3 is 2.84 bits per heavy atom. The van der Waals surface area contributed by atoms with E-state index >= 15 is 0 Å². The fraction of sp³-hybridized carbons (Fsp3) is 0.154. The maximum Gasteiger partial charge on any atom is 0.356 e. The first-order valence-electron chi connectivity index (χ1n) is 5.78. The standard InChI is InChI=1S/C13H12N4O2/c1-8-4-3-5-9(6-8)11-15-17-10(12(18)19)7-14-13(17)16(11)2/h3-7H,1-2H3,(H,18,19). The van der Waals surface area contributed by atoms with Crippen LogP contribution >= 0.6 is 0 Å². The molecule has 0 atom stereocenters. The molecular weight excluding hydrogens is 244 g/mol. The highest BCUT2D eigenvalue weighted by atomic mass is 16.4. The largest absolute Gasteiger partial charge is 0.476 e. The topological polar surface area (TPSA) is 72.4 Å². The van der Waals surface area contributed by atoms with E-state index in [1.807, 2.05) is 38.2 Å². The van der Waals surface area contributed by atoms with Gasteiger partial charge >= 0.3 is 5.97 Å². The smallest absolute Gasteiger partial charge is 0.356 e. The summed E-state index contributed by atoms with van der Waals surface area (Å²) in [4.78, 5) is 15.2. The van der Waals surface area contributed by atoms with Crippen LogP contribution in [0.5, 0.6) is 0 Å². The quantitative estimate of drug-likeness (QED) is 0.758. The first kappa shape index (κ1) is 11.5. The fourth-order valence-electron chi connectivity index (χ4n) is 2.10. The van der Waals surface area contributed by atoms with E-state index in [1.54, 1.807) is 4.57 Å². The lowest BCUT2D eigenvalue weighted by Crippen LogP contribution is -2.01. The fourth-order valence-corrected chi connectivity index (χ4v) is 2.10. The third-order valence-electron chi connectivity index (χ3n) is 3.03. The van der Waals surface area contributed by atoms with E-state index in [0.717, 1.165) is 11.1 Å². The average molecular weight is 256 g/mol. The van der Waals surface area contributed by atoms with E-state index < -0.39 is 5.97 Å². The van der Waals surface area contributed by atoms with Crippen molar-refractivity contribution in [1.82, 2.24) is 19.2 Å². The number of carbonyl (C=O) groups is 1. The number of rotatable bonds is 2. The van der Waals surface area contributed by atoms with E-state index in [0.29, 0.717) is 11.6 Å². The Morgan fingerprint density at radius 2 is 2.16 bits per heavy atom. The Labute approximate surface area is 108 Å². The zero-order valence-corrected chi connectivity index (χ0v) is 10.5. The van der Waals surface area contributed by atoms with Gasteiger partial charge in [0.2, 0.25) is 5.78 Å². The molecule has 0 aliphatic rings. The number of aryl methyl sites for hydroxylation is 2. The van der Waals surface area contributed by atoms with Crippen LogP contribution in [0.15, 0.2) is 30.5 Å². The molecule has 3 aromatic rings. The molecule has 0 spiro atoms. The molecule has 6 nitrogen and oxygen atoms in total. The molecular formula is C13H12N4O2. The van der Waals surface area contributed by atoms with Crippen molar-refractivity contribution >= 4 is 11.7 Å². The second kappa shape index (κ2) is 3.94. The summed E-state index contributed by atoms with van der Waals surface area (Å²) in [5.74, 6) is 0.157. The van der Waals surface area contributed by atoms with Crippen LogP contribution in [0.2, 0.25) is 0 Å². The van der Waals surface area contributed by atoms with Gasteiger partial charge in [0.15, 0.2) is 11.5 Å². The van der Waals surface area contributed by atoms with E-state index in [9.17, 15) is 4.79 Å². The summed E-state index contributed by atoms with van der Waals surface area (Å²) in [6.07, 6.45) is 1.31. The van der Waals surface area contributed by atoms with Gasteiger partial charge in [-0.05, 0) is 13.0 Å². The van der Waals surface area contributed by atoms with Crippen molar-refractivity contribution in [2.75, 3.05) is 0 Å². The number of nitrogens with zero attached hydrogens (tertiary/aromatic N) is 4. The van der Waals surface area contributed by atoms with Crippen LogP contribution in [-0.4, -0.2) is 30.2 Å². The number of carboxylic acid groups (broad SMARTS) is 1. The van der Waals surface area contributed by atoms with Gasteiger partial charge in [-0.1, -0.05) is 23.8 Å². The van der Waals surface area contributed by atoms with E-state index in [1.165, 1.54) is 10.7 Å². The van der Waals surface area contributed by atoms with Crippen molar-refractivity contribution in [2.45, 2.75) is 6.92 Å². The van der Waals surface area contributed by atoms with Gasteiger partial charge < -0.3 is 5.11 Å². The molecule has 0 amide bonds. The molecule has 0 bridgehead atoms. The first-order valence-corrected chi connectivity index (χ1v) is 5.78. The number of hydrogen-bond donors (Lipinski definition) is 1. The summed E-state index contributed by atoms with van der Waals surface area (Å²) in [6, 6.07) is 7.89. The highest BCUT2D eigenvalue weighted by Crippen LogP contribution is 2.20. The zero-order chi connectivity index (χ0) is 13.6. The Kier molecular flexibility index (Phi) is 2.38. The van der Waals surface area contributed by atoms with Gasteiger partial charge in [0.1, 0.15) is 0 Å². The van der Waals surface area contributed by atoms with Crippen molar-refractivity contribution < 1.29 is 9.90 Å². The number of imidazole rings is 1. The molecule has 1 N–H and O–H groups in total. The summed E-state index contributed by atoms with van der Waals surface area (Å²) in [5.41, 5.74) is 2.12. The monoisotopic (exact) mass is 256 g/mol. The van der Waals surface area contributed by atoms with Gasteiger partial charge in [0.25, 0.3) is 0 Å². The van der Waals surface area contributed by atoms with Crippen LogP contribution < -0.4 is 0 Å². The summed E-state index contributed by atoms with van der Waals surface area (Å²) in [6.45, 7) is 2.00. The molecule has 2 heterocycles. The van der Waals surface area contributed by atoms with Crippen molar-refractivity contribution in [2.24, 2.45) is 7.05 Å². The second-order valence-corrected chi connectivity index (χ2v) is 4.41. The van der Waals surface area contributed by atoms with E-state index in [-0.39, 0.29) is 5.69 Å². The van der Waals surface area contributed by atoms with Crippen LogP contribution in [0.4, 0.5) is 0 Å². The van der Waals surface area contributed by atoms with Gasteiger partial charge in [0.05, 0.1) is 6.20 Å². The summed E-state index contributed by atoms with van der Waals surface area (Å²) >= 11 is 0. The molecule has 19 heavy (non-hydrogen) atoms. The number of aromatic nitrogens is 4. The Hall–Kier alpha value is -2.63. The zero-order valence-electron chi connectivity index (χ0n) is 10.5. The molecule has 0 saturated carbocycles. The minimum Gasteiger partial charge on any atom is -0.476 e. The molecule has 0 unspecified atom stereocenters. The number of hydrogen-bond acceptors (Lipinski definition) is 3. The van der Waals surface area contributed by atoms with Crippen LogP contribution in [0.1, 0.15) is 16.1 Å².